The molecule has 2 aromatic carbocycles. The highest BCUT2D eigenvalue weighted by atomic mass is 19.1. The van der Waals surface area contributed by atoms with Crippen LogP contribution in [0.1, 0.15) is 42.1 Å². The van der Waals surface area contributed by atoms with Gasteiger partial charge in [0, 0.05) is 26.2 Å². The molecular weight excluding hydrogens is 526 g/mol. The predicted octanol–water partition coefficient (Wildman–Crippen LogP) is 2.11. The molecule has 214 valence electrons. The van der Waals surface area contributed by atoms with E-state index in [9.17, 15) is 28.0 Å². The molecule has 12 heteroatoms. The lowest BCUT2D eigenvalue weighted by Crippen LogP contribution is -2.54. The zero-order valence-electron chi connectivity index (χ0n) is 22.5. The molecule has 2 heterocycles. The zero-order valence-corrected chi connectivity index (χ0v) is 22.5. The summed E-state index contributed by atoms with van der Waals surface area (Å²) in [5.74, 6) is -4.15. The molecule has 0 radical (unpaired) electrons. The number of esters is 1. The molecule has 2 aliphatic heterocycles. The Morgan fingerprint density at radius 2 is 1.82 bits per heavy atom. The van der Waals surface area contributed by atoms with E-state index in [-0.39, 0.29) is 30.8 Å². The van der Waals surface area contributed by atoms with E-state index in [0.29, 0.717) is 12.8 Å². The number of amides is 3. The number of likely N-dealkylation sites (tertiary alicyclic amines) is 1. The smallest absolute Gasteiger partial charge is 0.310 e. The highest BCUT2D eigenvalue weighted by Crippen LogP contribution is 2.24. The molecule has 2 fully saturated rings. The molecule has 2 saturated heterocycles. The number of benzene rings is 2. The Morgan fingerprint density at radius 1 is 1.15 bits per heavy atom. The summed E-state index contributed by atoms with van der Waals surface area (Å²) in [6.07, 6.45) is -0.100. The second-order valence-corrected chi connectivity index (χ2v) is 10.0. The van der Waals surface area contributed by atoms with Gasteiger partial charge >= 0.3 is 5.97 Å². The fourth-order valence-electron chi connectivity index (χ4n) is 4.85. The highest BCUT2D eigenvalue weighted by molar-refractivity contribution is 5.98. The number of anilines is 1. The zero-order chi connectivity index (χ0) is 29.0. The molecule has 4 rings (SSSR count). The van der Waals surface area contributed by atoms with Gasteiger partial charge in [0.15, 0.2) is 0 Å². The van der Waals surface area contributed by atoms with E-state index in [4.69, 9.17) is 9.47 Å². The van der Waals surface area contributed by atoms with Crippen LogP contribution in [0.15, 0.2) is 42.5 Å². The van der Waals surface area contributed by atoms with Crippen molar-refractivity contribution in [3.05, 3.63) is 65.2 Å². The normalized spacial score (nSPS) is 21.1. The molecule has 40 heavy (non-hydrogen) atoms. The first-order valence-corrected chi connectivity index (χ1v) is 13.0. The maximum Gasteiger partial charge on any atom is 0.310 e. The lowest BCUT2D eigenvalue weighted by atomic mass is 10.1. The van der Waals surface area contributed by atoms with Gasteiger partial charge in [0.05, 0.1) is 13.0 Å². The van der Waals surface area contributed by atoms with E-state index in [2.05, 4.69) is 10.6 Å². The molecule has 0 spiro atoms. The van der Waals surface area contributed by atoms with Crippen molar-refractivity contribution in [1.29, 1.82) is 0 Å². The maximum absolute atomic E-state index is 14.3. The quantitative estimate of drug-likeness (QED) is 0.453. The summed E-state index contributed by atoms with van der Waals surface area (Å²) in [6.45, 7) is 1.90. The molecule has 3 amide bonds. The molecule has 4 atom stereocenters. The second kappa shape index (κ2) is 12.4. The van der Waals surface area contributed by atoms with Crippen LogP contribution in [-0.4, -0.2) is 73.6 Å². The Labute approximate surface area is 230 Å². The predicted molar refractivity (Wildman–Crippen MR) is 140 cm³/mol. The summed E-state index contributed by atoms with van der Waals surface area (Å²) in [4.78, 5) is 53.6. The van der Waals surface area contributed by atoms with Crippen LogP contribution in [0, 0.1) is 11.6 Å². The van der Waals surface area contributed by atoms with Gasteiger partial charge in [-0.3, -0.25) is 19.2 Å². The van der Waals surface area contributed by atoms with Crippen molar-refractivity contribution in [2.75, 3.05) is 25.5 Å². The van der Waals surface area contributed by atoms with E-state index in [1.165, 1.54) is 30.8 Å². The van der Waals surface area contributed by atoms with Gasteiger partial charge in [0.25, 0.3) is 5.91 Å². The number of carbonyl (C=O) groups excluding carboxylic acids is 4. The molecule has 2 aliphatic rings. The molecule has 4 unspecified atom stereocenters. The van der Waals surface area contributed by atoms with Crippen LogP contribution >= 0.6 is 0 Å². The maximum atomic E-state index is 14.3. The Bertz CT molecular complexity index is 1250. The third-order valence-corrected chi connectivity index (χ3v) is 6.83. The second-order valence-electron chi connectivity index (χ2n) is 10.0. The van der Waals surface area contributed by atoms with Crippen LogP contribution in [0.2, 0.25) is 0 Å². The summed E-state index contributed by atoms with van der Waals surface area (Å²) in [5.41, 5.74) is 0.315. The standard InChI is InChI=1S/C28H32F2N4O6/c1-16(31-25(36)18-12-19(29)24(33(2)3)20(30)13-18)27(38)34-11-7-10-22(34)26(37)32-21-14-23(35)40-28(21)39-15-17-8-5-4-6-9-17/h4-6,8-9,12-13,16,21-22,28H,7,10-11,14-15H2,1-3H3,(H,31,36)(H,32,37). The van der Waals surface area contributed by atoms with E-state index in [0.717, 1.165) is 17.7 Å². The summed E-state index contributed by atoms with van der Waals surface area (Å²) >= 11 is 0. The molecule has 0 bridgehead atoms. The SMILES string of the molecule is CC(NC(=O)c1cc(F)c(N(C)C)c(F)c1)C(=O)N1CCCC1C(=O)NC1CC(=O)OC1OCc1ccccc1. The minimum absolute atomic E-state index is 0.0714. The van der Waals surface area contributed by atoms with Crippen molar-refractivity contribution >= 4 is 29.4 Å². The first-order valence-electron chi connectivity index (χ1n) is 13.0. The van der Waals surface area contributed by atoms with E-state index in [1.54, 1.807) is 0 Å². The van der Waals surface area contributed by atoms with E-state index in [1.807, 2.05) is 30.3 Å². The van der Waals surface area contributed by atoms with Crippen molar-refractivity contribution < 1.29 is 37.4 Å². The molecule has 10 nitrogen and oxygen atoms in total. The third-order valence-electron chi connectivity index (χ3n) is 6.83. The van der Waals surface area contributed by atoms with Gasteiger partial charge in [0.2, 0.25) is 18.1 Å². The minimum Gasteiger partial charge on any atom is -0.433 e. The number of nitrogens with zero attached hydrogens (tertiary/aromatic N) is 2. The summed E-state index contributed by atoms with van der Waals surface area (Å²) in [5, 5.41) is 5.24. The topological polar surface area (TPSA) is 117 Å². The molecule has 0 saturated carbocycles. The molecule has 0 aromatic heterocycles. The number of hydrogen-bond donors (Lipinski definition) is 2. The highest BCUT2D eigenvalue weighted by Gasteiger charge is 2.41. The van der Waals surface area contributed by atoms with Crippen molar-refractivity contribution in [3.63, 3.8) is 0 Å². The monoisotopic (exact) mass is 558 g/mol. The summed E-state index contributed by atoms with van der Waals surface area (Å²) in [7, 11) is 2.94. The number of cyclic esters (lactones) is 1. The van der Waals surface area contributed by atoms with Crippen molar-refractivity contribution in [3.8, 4) is 0 Å². The van der Waals surface area contributed by atoms with Crippen molar-refractivity contribution in [2.24, 2.45) is 0 Å². The first-order chi connectivity index (χ1) is 19.0. The van der Waals surface area contributed by atoms with Crippen molar-refractivity contribution in [2.45, 2.75) is 57.2 Å². The van der Waals surface area contributed by atoms with Crippen molar-refractivity contribution in [1.82, 2.24) is 15.5 Å². The first kappa shape index (κ1) is 28.9. The molecule has 2 N–H and O–H groups in total. The lowest BCUT2D eigenvalue weighted by molar-refractivity contribution is -0.168. The Hall–Kier alpha value is -4.06. The number of carbonyl (C=O) groups is 4. The van der Waals surface area contributed by atoms with Crippen LogP contribution in [-0.2, 0) is 30.5 Å². The number of halogens is 2. The molecule has 2 aromatic rings. The Morgan fingerprint density at radius 3 is 2.48 bits per heavy atom. The fraction of sp³-hybridized carbons (Fsp3) is 0.429. The summed E-state index contributed by atoms with van der Waals surface area (Å²) in [6, 6.07) is 8.47. The van der Waals surface area contributed by atoms with E-state index >= 15 is 0 Å². The fourth-order valence-corrected chi connectivity index (χ4v) is 4.85. The average Bonchev–Trinajstić information content (AvgIpc) is 3.53. The lowest BCUT2D eigenvalue weighted by Gasteiger charge is -2.28. The average molecular weight is 559 g/mol. The van der Waals surface area contributed by atoms with Gasteiger partial charge < -0.3 is 29.9 Å². The molecular formula is C28H32F2N4O6. The van der Waals surface area contributed by atoms with Crippen LogP contribution < -0.4 is 15.5 Å². The summed E-state index contributed by atoms with van der Waals surface area (Å²) < 4.78 is 39.6. The van der Waals surface area contributed by atoms with Gasteiger partial charge in [-0.1, -0.05) is 30.3 Å². The number of rotatable bonds is 9. The van der Waals surface area contributed by atoms with Gasteiger partial charge in [-0.15, -0.1) is 0 Å². The van der Waals surface area contributed by atoms with E-state index < -0.39 is 59.7 Å². The minimum atomic E-state index is -1.07. The Balaban J connectivity index is 1.36. The third kappa shape index (κ3) is 6.56. The number of ether oxygens (including phenoxy) is 2. The van der Waals surface area contributed by atoms with Gasteiger partial charge in [-0.2, -0.15) is 0 Å². The van der Waals surface area contributed by atoms with Gasteiger partial charge in [-0.25, -0.2) is 8.78 Å². The van der Waals surface area contributed by atoms with Crippen LogP contribution in [0.5, 0.6) is 0 Å². The number of nitrogens with one attached hydrogen (secondary N) is 2. The van der Waals surface area contributed by atoms with Gasteiger partial charge in [0.1, 0.15) is 35.4 Å². The van der Waals surface area contributed by atoms with Crippen LogP contribution in [0.3, 0.4) is 0 Å². The number of hydrogen-bond acceptors (Lipinski definition) is 7. The van der Waals surface area contributed by atoms with Crippen LogP contribution in [0.25, 0.3) is 0 Å². The Kier molecular flexibility index (Phi) is 8.98. The largest absolute Gasteiger partial charge is 0.433 e. The van der Waals surface area contributed by atoms with Crippen LogP contribution in [0.4, 0.5) is 14.5 Å². The molecule has 0 aliphatic carbocycles. The van der Waals surface area contributed by atoms with Gasteiger partial charge in [-0.05, 0) is 37.5 Å².